The molecule has 3 aromatic rings. The fourth-order valence-corrected chi connectivity index (χ4v) is 3.27. The summed E-state index contributed by atoms with van der Waals surface area (Å²) in [7, 11) is 0. The minimum Gasteiger partial charge on any atom is -0.507 e. The number of hydrogen-bond donors (Lipinski definition) is 1. The van der Waals surface area contributed by atoms with E-state index in [9.17, 15) is 19.1 Å². The Kier molecular flexibility index (Phi) is 4.45. The number of carbonyl (C=O) groups excluding carboxylic acids is 2. The maximum absolute atomic E-state index is 13.3. The van der Waals surface area contributed by atoms with E-state index in [1.807, 2.05) is 0 Å². The Morgan fingerprint density at radius 1 is 0.929 bits per heavy atom. The number of aromatic nitrogens is 1. The van der Waals surface area contributed by atoms with E-state index in [1.165, 1.54) is 29.2 Å². The van der Waals surface area contributed by atoms with Gasteiger partial charge in [-0.05, 0) is 48.5 Å². The van der Waals surface area contributed by atoms with Gasteiger partial charge in [0.1, 0.15) is 17.6 Å². The van der Waals surface area contributed by atoms with Crippen molar-refractivity contribution in [3.05, 3.63) is 102 Å². The summed E-state index contributed by atoms with van der Waals surface area (Å²) in [4.78, 5) is 31.3. The molecule has 5 nitrogen and oxygen atoms in total. The van der Waals surface area contributed by atoms with Crippen LogP contribution in [0.15, 0.2) is 84.6 Å². The number of amides is 1. The molecule has 0 radical (unpaired) electrons. The molecule has 28 heavy (non-hydrogen) atoms. The number of Topliss-reactive ketones (excluding diaryl/α,β-unsaturated/α-hetero) is 1. The highest BCUT2D eigenvalue weighted by Crippen LogP contribution is 2.41. The van der Waals surface area contributed by atoms with Crippen LogP contribution in [0.25, 0.3) is 5.76 Å². The van der Waals surface area contributed by atoms with E-state index in [0.29, 0.717) is 11.4 Å². The number of nitrogens with zero attached hydrogens (tertiary/aromatic N) is 2. The van der Waals surface area contributed by atoms with E-state index in [-0.39, 0.29) is 16.9 Å². The first-order valence-electron chi connectivity index (χ1n) is 8.61. The number of halogens is 1. The van der Waals surface area contributed by atoms with Gasteiger partial charge in [0.15, 0.2) is 0 Å². The molecule has 138 valence electrons. The van der Waals surface area contributed by atoms with Gasteiger partial charge in [0, 0.05) is 17.4 Å². The van der Waals surface area contributed by atoms with E-state index in [2.05, 4.69) is 4.98 Å². The van der Waals surface area contributed by atoms with E-state index < -0.39 is 23.5 Å². The van der Waals surface area contributed by atoms with Crippen molar-refractivity contribution in [3.8, 4) is 0 Å². The summed E-state index contributed by atoms with van der Waals surface area (Å²) in [5.74, 6) is -2.41. The van der Waals surface area contributed by atoms with E-state index in [1.54, 1.807) is 54.7 Å². The predicted molar refractivity (Wildman–Crippen MR) is 102 cm³/mol. The SMILES string of the molecule is O=C1C(=O)N(c2ccccc2)C(c2ccccn2)/C1=C(/O)c1ccc(F)cc1. The molecule has 6 heteroatoms. The Balaban J connectivity index is 1.94. The number of hydrogen-bond acceptors (Lipinski definition) is 4. The average molecular weight is 374 g/mol. The number of rotatable bonds is 3. The summed E-state index contributed by atoms with van der Waals surface area (Å²) in [5, 5.41) is 10.8. The molecule has 0 bridgehead atoms. The van der Waals surface area contributed by atoms with Crippen LogP contribution in [0.3, 0.4) is 0 Å². The van der Waals surface area contributed by atoms with Crippen LogP contribution < -0.4 is 4.90 Å². The van der Waals surface area contributed by atoms with Gasteiger partial charge in [0.2, 0.25) is 0 Å². The van der Waals surface area contributed by atoms with Crippen LogP contribution in [0.5, 0.6) is 0 Å². The number of benzene rings is 2. The van der Waals surface area contributed by atoms with Crippen LogP contribution in [0.2, 0.25) is 0 Å². The number of para-hydroxylation sites is 1. The summed E-state index contributed by atoms with van der Waals surface area (Å²) in [6, 6.07) is 18.0. The van der Waals surface area contributed by atoms with Crippen molar-refractivity contribution < 1.29 is 19.1 Å². The highest BCUT2D eigenvalue weighted by Gasteiger charge is 2.47. The molecular formula is C22H15FN2O3. The maximum Gasteiger partial charge on any atom is 0.300 e. The zero-order chi connectivity index (χ0) is 19.7. The van der Waals surface area contributed by atoms with Crippen LogP contribution in [-0.4, -0.2) is 21.8 Å². The second kappa shape index (κ2) is 7.08. The summed E-state index contributed by atoms with van der Waals surface area (Å²) < 4.78 is 13.3. The molecule has 1 saturated heterocycles. The van der Waals surface area contributed by atoms with Gasteiger partial charge >= 0.3 is 0 Å². The van der Waals surface area contributed by atoms with Crippen molar-refractivity contribution >= 4 is 23.1 Å². The van der Waals surface area contributed by atoms with Crippen molar-refractivity contribution in [1.29, 1.82) is 0 Å². The van der Waals surface area contributed by atoms with Crippen molar-refractivity contribution in [2.24, 2.45) is 0 Å². The summed E-state index contributed by atoms with van der Waals surface area (Å²) >= 11 is 0. The first-order valence-corrected chi connectivity index (χ1v) is 8.61. The van der Waals surface area contributed by atoms with Crippen LogP contribution in [0.1, 0.15) is 17.3 Å². The third-order valence-corrected chi connectivity index (χ3v) is 4.56. The van der Waals surface area contributed by atoms with Crippen LogP contribution in [0, 0.1) is 5.82 Å². The fraction of sp³-hybridized carbons (Fsp3) is 0.0455. The molecule has 2 heterocycles. The molecule has 1 atom stereocenters. The standard InChI is InChI=1S/C22H15FN2O3/c23-15-11-9-14(10-12-15)20(26)18-19(17-8-4-5-13-24-17)25(22(28)21(18)27)16-6-2-1-3-7-16/h1-13,19,26H/b20-18-. The van der Waals surface area contributed by atoms with Crippen LogP contribution in [0.4, 0.5) is 10.1 Å². The molecule has 1 unspecified atom stereocenters. The molecule has 0 aliphatic carbocycles. The van der Waals surface area contributed by atoms with Crippen molar-refractivity contribution in [2.75, 3.05) is 4.90 Å². The van der Waals surface area contributed by atoms with Crippen molar-refractivity contribution in [2.45, 2.75) is 6.04 Å². The van der Waals surface area contributed by atoms with Crippen molar-refractivity contribution in [3.63, 3.8) is 0 Å². The highest BCUT2D eigenvalue weighted by molar-refractivity contribution is 6.51. The van der Waals surface area contributed by atoms with E-state index >= 15 is 0 Å². The molecule has 1 aliphatic rings. The summed E-state index contributed by atoms with van der Waals surface area (Å²) in [5.41, 5.74) is 1.11. The van der Waals surface area contributed by atoms with Gasteiger partial charge in [-0.3, -0.25) is 19.5 Å². The van der Waals surface area contributed by atoms with Gasteiger partial charge < -0.3 is 5.11 Å². The van der Waals surface area contributed by atoms with Crippen molar-refractivity contribution in [1.82, 2.24) is 4.98 Å². The third-order valence-electron chi connectivity index (χ3n) is 4.56. The maximum atomic E-state index is 13.3. The first-order chi connectivity index (χ1) is 13.6. The molecular weight excluding hydrogens is 359 g/mol. The fourth-order valence-electron chi connectivity index (χ4n) is 3.27. The Morgan fingerprint density at radius 2 is 1.61 bits per heavy atom. The third kappa shape index (κ3) is 2.95. The minimum atomic E-state index is -0.895. The lowest BCUT2D eigenvalue weighted by Gasteiger charge is -2.24. The van der Waals surface area contributed by atoms with Gasteiger partial charge in [-0.15, -0.1) is 0 Å². The van der Waals surface area contributed by atoms with Gasteiger partial charge in [0.05, 0.1) is 11.3 Å². The monoisotopic (exact) mass is 374 g/mol. The highest BCUT2D eigenvalue weighted by atomic mass is 19.1. The number of aliphatic hydroxyl groups excluding tert-OH is 1. The molecule has 1 aliphatic heterocycles. The molecule has 4 rings (SSSR count). The smallest absolute Gasteiger partial charge is 0.300 e. The molecule has 0 spiro atoms. The van der Waals surface area contributed by atoms with Gasteiger partial charge in [-0.2, -0.15) is 0 Å². The lowest BCUT2D eigenvalue weighted by atomic mass is 9.98. The Bertz CT molecular complexity index is 1060. The second-order valence-electron chi connectivity index (χ2n) is 6.27. The van der Waals surface area contributed by atoms with E-state index in [4.69, 9.17) is 0 Å². The number of ketones is 1. The normalized spacial score (nSPS) is 18.5. The molecule has 1 amide bonds. The van der Waals surface area contributed by atoms with Gasteiger partial charge in [-0.1, -0.05) is 24.3 Å². The molecule has 0 saturated carbocycles. The Morgan fingerprint density at radius 3 is 2.25 bits per heavy atom. The molecule has 1 aromatic heterocycles. The molecule has 2 aromatic carbocycles. The number of anilines is 1. The summed E-state index contributed by atoms with van der Waals surface area (Å²) in [6.07, 6.45) is 1.55. The quantitative estimate of drug-likeness (QED) is 0.430. The zero-order valence-corrected chi connectivity index (χ0v) is 14.6. The van der Waals surface area contributed by atoms with Crippen LogP contribution >= 0.6 is 0 Å². The predicted octanol–water partition coefficient (Wildman–Crippen LogP) is 3.85. The van der Waals surface area contributed by atoms with Gasteiger partial charge in [0.25, 0.3) is 11.7 Å². The first kappa shape index (κ1) is 17.6. The minimum absolute atomic E-state index is 0.0841. The lowest BCUT2D eigenvalue weighted by molar-refractivity contribution is -0.132. The number of aliphatic hydroxyl groups is 1. The Labute approximate surface area is 160 Å². The number of carbonyl (C=O) groups is 2. The summed E-state index contributed by atoms with van der Waals surface area (Å²) in [6.45, 7) is 0. The Hall–Kier alpha value is -3.80. The van der Waals surface area contributed by atoms with E-state index in [0.717, 1.165) is 0 Å². The topological polar surface area (TPSA) is 70.5 Å². The largest absolute Gasteiger partial charge is 0.507 e. The average Bonchev–Trinajstić information content (AvgIpc) is 3.00. The van der Waals surface area contributed by atoms with Gasteiger partial charge in [-0.25, -0.2) is 4.39 Å². The molecule has 1 fully saturated rings. The van der Waals surface area contributed by atoms with Crippen LogP contribution in [-0.2, 0) is 9.59 Å². The number of pyridine rings is 1. The second-order valence-corrected chi connectivity index (χ2v) is 6.27. The molecule has 1 N–H and O–H groups in total. The lowest BCUT2D eigenvalue weighted by Crippen LogP contribution is -2.29. The zero-order valence-electron chi connectivity index (χ0n) is 14.6.